The highest BCUT2D eigenvalue weighted by molar-refractivity contribution is 7.86. The molecule has 0 fully saturated rings. The summed E-state index contributed by atoms with van der Waals surface area (Å²) in [6.07, 6.45) is 1.54. The van der Waals surface area contributed by atoms with Gasteiger partial charge in [0.15, 0.2) is 5.82 Å². The van der Waals surface area contributed by atoms with Crippen LogP contribution in [0, 0.1) is 0 Å². The Labute approximate surface area is 214 Å². The second-order valence-electron chi connectivity index (χ2n) is 8.20. The van der Waals surface area contributed by atoms with Gasteiger partial charge in [0.2, 0.25) is 5.95 Å². The molecule has 9 nitrogen and oxygen atoms in total. The lowest BCUT2D eigenvalue weighted by atomic mass is 10.1. The van der Waals surface area contributed by atoms with Crippen molar-refractivity contribution in [3.8, 4) is 11.3 Å². The number of rotatable bonds is 9. The van der Waals surface area contributed by atoms with Crippen molar-refractivity contribution < 1.29 is 17.1 Å². The number of carbonyl (C=O) groups is 1. The summed E-state index contributed by atoms with van der Waals surface area (Å²) in [4.78, 5) is 20.3. The highest BCUT2D eigenvalue weighted by atomic mass is 32.3. The number of hydrogen-bond donors (Lipinski definition) is 4. The number of nitrogens with two attached hydrogens (primary N) is 2. The maximum atomic E-state index is 13.2. The van der Waals surface area contributed by atoms with Crippen molar-refractivity contribution in [3.63, 3.8) is 0 Å². The molecule has 0 spiro atoms. The number of hydrogen-bond acceptors (Lipinski definition) is 8. The lowest BCUT2D eigenvalue weighted by Crippen LogP contribution is -2.12. The van der Waals surface area contributed by atoms with Crippen molar-refractivity contribution in [2.24, 2.45) is 0 Å². The van der Waals surface area contributed by atoms with Crippen LogP contribution in [0.5, 0.6) is 0 Å². The molecule has 0 saturated carbocycles. The first kappa shape index (κ1) is 25.6. The van der Waals surface area contributed by atoms with E-state index in [1.807, 2.05) is 42.5 Å². The lowest BCUT2D eigenvalue weighted by Gasteiger charge is -2.14. The maximum absolute atomic E-state index is 13.2. The number of anilines is 4. The van der Waals surface area contributed by atoms with E-state index in [0.717, 1.165) is 36.1 Å². The molecule has 190 valence electrons. The van der Waals surface area contributed by atoms with Crippen LogP contribution in [-0.2, 0) is 16.6 Å². The smallest absolute Gasteiger partial charge is 0.332 e. The average molecular weight is 521 g/mol. The molecule has 0 saturated heterocycles. The van der Waals surface area contributed by atoms with Gasteiger partial charge in [-0.2, -0.15) is 13.4 Å². The zero-order valence-corrected chi connectivity index (χ0v) is 20.5. The predicted molar refractivity (Wildman–Crippen MR) is 142 cm³/mol. The van der Waals surface area contributed by atoms with E-state index in [0.29, 0.717) is 23.6 Å². The van der Waals surface area contributed by atoms with E-state index < -0.39 is 21.0 Å². The minimum absolute atomic E-state index is 0.0367. The Hall–Kier alpha value is -4.51. The molecule has 3 aromatic carbocycles. The number of aromatic nitrogens is 2. The van der Waals surface area contributed by atoms with Crippen molar-refractivity contribution >= 4 is 39.3 Å². The molecular formula is C26H25FN6O3S. The molecule has 0 aliphatic carbocycles. The first-order valence-electron chi connectivity index (χ1n) is 11.4. The quantitative estimate of drug-likeness (QED) is 0.189. The van der Waals surface area contributed by atoms with Gasteiger partial charge in [-0.05, 0) is 48.7 Å². The summed E-state index contributed by atoms with van der Waals surface area (Å²) in [6.45, 7) is 0.615. The zero-order valence-electron chi connectivity index (χ0n) is 19.7. The fourth-order valence-corrected chi connectivity index (χ4v) is 4.24. The normalized spacial score (nSPS) is 11.2. The van der Waals surface area contributed by atoms with Crippen LogP contribution < -0.4 is 22.1 Å². The summed E-state index contributed by atoms with van der Waals surface area (Å²) in [7, 11) is -4.89. The van der Waals surface area contributed by atoms with Crippen molar-refractivity contribution in [2.45, 2.75) is 17.7 Å². The van der Waals surface area contributed by atoms with Crippen LogP contribution in [0.3, 0.4) is 0 Å². The molecule has 11 heteroatoms. The van der Waals surface area contributed by atoms with E-state index in [-0.39, 0.29) is 17.3 Å². The molecule has 37 heavy (non-hydrogen) atoms. The Kier molecular flexibility index (Phi) is 7.63. The molecule has 0 aliphatic rings. The maximum Gasteiger partial charge on any atom is 0.332 e. The van der Waals surface area contributed by atoms with E-state index in [4.69, 9.17) is 11.5 Å². The number of carbonyl (C=O) groups excluding carboxylic acids is 1. The third-order valence-electron chi connectivity index (χ3n) is 5.54. The summed E-state index contributed by atoms with van der Waals surface area (Å²) in [6, 6.07) is 21.6. The van der Waals surface area contributed by atoms with Gasteiger partial charge in [0, 0.05) is 23.4 Å². The van der Waals surface area contributed by atoms with Gasteiger partial charge in [-0.1, -0.05) is 48.5 Å². The largest absolute Gasteiger partial charge is 0.382 e. The van der Waals surface area contributed by atoms with E-state index >= 15 is 0 Å². The number of nitrogen functional groups attached to an aromatic ring is 2. The third-order valence-corrected chi connectivity index (χ3v) is 6.35. The summed E-state index contributed by atoms with van der Waals surface area (Å²) in [5, 5.41) is 6.00. The highest BCUT2D eigenvalue weighted by Gasteiger charge is 2.15. The number of nitrogens with zero attached hydrogens (tertiary/aromatic N) is 2. The number of nitrogens with one attached hydrogen (secondary N) is 2. The molecule has 1 heterocycles. The van der Waals surface area contributed by atoms with Gasteiger partial charge in [0.05, 0.1) is 4.90 Å². The molecule has 0 atom stereocenters. The fraction of sp³-hybridized carbons (Fsp3) is 0.115. The van der Waals surface area contributed by atoms with E-state index in [9.17, 15) is 17.1 Å². The van der Waals surface area contributed by atoms with Crippen LogP contribution in [-0.4, -0.2) is 30.8 Å². The topological polar surface area (TPSA) is 153 Å². The molecule has 6 N–H and O–H groups in total. The lowest BCUT2D eigenvalue weighted by molar-refractivity contribution is 0.102. The van der Waals surface area contributed by atoms with Crippen LogP contribution in [0.4, 0.5) is 27.0 Å². The standard InChI is InChI=1S/C26H25FN6O3S/c27-37(35,36)21-10-4-9-19(16-21)25(34)31-20-13-11-17(12-14-20)6-5-15-30-23-22(18-7-2-1-3-8-18)32-26(29)33-24(23)28/h1-4,7-14,16,30H,5-6,15H2,(H,31,34)(H4,28,29,32,33). The molecule has 4 rings (SSSR count). The van der Waals surface area contributed by atoms with Gasteiger partial charge >= 0.3 is 10.2 Å². The van der Waals surface area contributed by atoms with Crippen molar-refractivity contribution in [2.75, 3.05) is 28.6 Å². The summed E-state index contributed by atoms with van der Waals surface area (Å²) in [5.41, 5.74) is 15.7. The highest BCUT2D eigenvalue weighted by Crippen LogP contribution is 2.30. The molecule has 0 bridgehead atoms. The first-order chi connectivity index (χ1) is 17.7. The van der Waals surface area contributed by atoms with Gasteiger partial charge in [-0.3, -0.25) is 4.79 Å². The van der Waals surface area contributed by atoms with Crippen molar-refractivity contribution in [1.29, 1.82) is 0 Å². The number of benzene rings is 3. The average Bonchev–Trinajstić information content (AvgIpc) is 2.88. The van der Waals surface area contributed by atoms with Gasteiger partial charge in [0.25, 0.3) is 5.91 Å². The van der Waals surface area contributed by atoms with Crippen LogP contribution in [0.25, 0.3) is 11.3 Å². The molecule has 0 radical (unpaired) electrons. The Morgan fingerprint density at radius 1 is 0.919 bits per heavy atom. The molecule has 1 amide bonds. The van der Waals surface area contributed by atoms with Crippen LogP contribution in [0.15, 0.2) is 83.8 Å². The predicted octanol–water partition coefficient (Wildman–Crippen LogP) is 4.26. The molecule has 4 aromatic rings. The van der Waals surface area contributed by atoms with Crippen LogP contribution in [0.1, 0.15) is 22.3 Å². The summed E-state index contributed by atoms with van der Waals surface area (Å²) in [5.74, 6) is -0.157. The third kappa shape index (κ3) is 6.58. The molecule has 0 aliphatic heterocycles. The Bertz CT molecular complexity index is 1510. The number of amides is 1. The summed E-state index contributed by atoms with van der Waals surface area (Å²) >= 11 is 0. The SMILES string of the molecule is Nc1nc(N)c(NCCCc2ccc(NC(=O)c3cccc(S(=O)(=O)F)c3)cc2)c(-c2ccccc2)n1. The molecule has 0 unspecified atom stereocenters. The zero-order chi connectivity index (χ0) is 26.4. The van der Waals surface area contributed by atoms with Gasteiger partial charge in [0.1, 0.15) is 11.4 Å². The van der Waals surface area contributed by atoms with Crippen molar-refractivity contribution in [3.05, 3.63) is 90.0 Å². The molecule has 1 aromatic heterocycles. The second-order valence-corrected chi connectivity index (χ2v) is 9.55. The van der Waals surface area contributed by atoms with E-state index in [2.05, 4.69) is 20.6 Å². The van der Waals surface area contributed by atoms with Crippen LogP contribution >= 0.6 is 0 Å². The van der Waals surface area contributed by atoms with Gasteiger partial charge in [-0.25, -0.2) is 4.98 Å². The Balaban J connectivity index is 1.34. The van der Waals surface area contributed by atoms with E-state index in [1.165, 1.54) is 12.1 Å². The van der Waals surface area contributed by atoms with Crippen molar-refractivity contribution in [1.82, 2.24) is 9.97 Å². The minimum atomic E-state index is -4.89. The number of aryl methyl sites for hydroxylation is 1. The Morgan fingerprint density at radius 2 is 1.65 bits per heavy atom. The summed E-state index contributed by atoms with van der Waals surface area (Å²) < 4.78 is 35.4. The second kappa shape index (κ2) is 11.0. The molecular weight excluding hydrogens is 495 g/mol. The monoisotopic (exact) mass is 520 g/mol. The van der Waals surface area contributed by atoms with Gasteiger partial charge in [-0.15, -0.1) is 3.89 Å². The van der Waals surface area contributed by atoms with Crippen LogP contribution in [0.2, 0.25) is 0 Å². The Morgan fingerprint density at radius 3 is 2.35 bits per heavy atom. The van der Waals surface area contributed by atoms with Gasteiger partial charge < -0.3 is 22.1 Å². The first-order valence-corrected chi connectivity index (χ1v) is 12.8. The minimum Gasteiger partial charge on any atom is -0.382 e. The fourth-order valence-electron chi connectivity index (χ4n) is 3.73. The van der Waals surface area contributed by atoms with E-state index in [1.54, 1.807) is 12.1 Å². The number of halogens is 1.